The third-order valence-corrected chi connectivity index (χ3v) is 4.78. The number of nitrogens with one attached hydrogen (secondary N) is 1. The summed E-state index contributed by atoms with van der Waals surface area (Å²) in [5.41, 5.74) is 2.51. The second-order valence-electron chi connectivity index (χ2n) is 6.53. The number of benzene rings is 1. The van der Waals surface area contributed by atoms with Crippen molar-refractivity contribution in [3.05, 3.63) is 42.0 Å². The van der Waals surface area contributed by atoms with E-state index < -0.39 is 17.8 Å². The van der Waals surface area contributed by atoms with Crippen LogP contribution in [0.25, 0.3) is 5.57 Å². The largest absolute Gasteiger partial charge is 0.338 e. The molecule has 1 aromatic rings. The molecule has 0 aromatic heterocycles. The van der Waals surface area contributed by atoms with Gasteiger partial charge in [0, 0.05) is 13.0 Å². The van der Waals surface area contributed by atoms with Crippen LogP contribution in [0.2, 0.25) is 0 Å². The maximum atomic E-state index is 12.4. The number of imide groups is 2. The summed E-state index contributed by atoms with van der Waals surface area (Å²) in [5, 5.41) is 0. The third kappa shape index (κ3) is 3.64. The van der Waals surface area contributed by atoms with Crippen LogP contribution in [-0.4, -0.2) is 53.9 Å². The van der Waals surface area contributed by atoms with Crippen LogP contribution in [0, 0.1) is 0 Å². The second kappa shape index (κ2) is 7.61. The molecule has 6 heteroatoms. The van der Waals surface area contributed by atoms with Crippen molar-refractivity contribution >= 4 is 23.4 Å². The van der Waals surface area contributed by atoms with Gasteiger partial charge in [-0.1, -0.05) is 43.7 Å². The van der Waals surface area contributed by atoms with Gasteiger partial charge in [-0.05, 0) is 23.6 Å². The Morgan fingerprint density at radius 1 is 1.04 bits per heavy atom. The van der Waals surface area contributed by atoms with E-state index in [0.29, 0.717) is 6.54 Å². The van der Waals surface area contributed by atoms with Gasteiger partial charge in [-0.3, -0.25) is 14.5 Å². The Morgan fingerprint density at radius 3 is 2.40 bits per heavy atom. The van der Waals surface area contributed by atoms with E-state index in [0.717, 1.165) is 47.1 Å². The minimum atomic E-state index is -0.688. The van der Waals surface area contributed by atoms with Gasteiger partial charge < -0.3 is 4.90 Å². The summed E-state index contributed by atoms with van der Waals surface area (Å²) in [6, 6.07) is 9.76. The van der Waals surface area contributed by atoms with E-state index in [1.807, 2.05) is 25.1 Å². The normalized spacial score (nSPS) is 21.1. The molecule has 25 heavy (non-hydrogen) atoms. The van der Waals surface area contributed by atoms with Gasteiger partial charge in [0.15, 0.2) is 6.67 Å². The van der Waals surface area contributed by atoms with Gasteiger partial charge in [0.05, 0.1) is 13.1 Å². The molecule has 0 spiro atoms. The Bertz CT molecular complexity index is 699. The number of rotatable bonds is 6. The minimum Gasteiger partial charge on any atom is -0.314 e. The lowest BCUT2D eigenvalue weighted by atomic mass is 10.00. The van der Waals surface area contributed by atoms with Crippen LogP contribution in [0.4, 0.5) is 4.79 Å². The predicted molar refractivity (Wildman–Crippen MR) is 93.5 cm³/mol. The van der Waals surface area contributed by atoms with E-state index in [-0.39, 0.29) is 6.67 Å². The zero-order valence-electron chi connectivity index (χ0n) is 14.5. The van der Waals surface area contributed by atoms with E-state index in [9.17, 15) is 14.4 Å². The number of urea groups is 1. The van der Waals surface area contributed by atoms with Crippen LogP contribution >= 0.6 is 0 Å². The third-order valence-electron chi connectivity index (χ3n) is 4.78. The average molecular weight is 342 g/mol. The predicted octanol–water partition coefficient (Wildman–Crippen LogP) is 0.907. The summed E-state index contributed by atoms with van der Waals surface area (Å²) >= 11 is 0. The van der Waals surface area contributed by atoms with Gasteiger partial charge in [-0.2, -0.15) is 0 Å². The van der Waals surface area contributed by atoms with E-state index in [1.54, 1.807) is 0 Å². The van der Waals surface area contributed by atoms with Crippen molar-refractivity contribution in [1.29, 1.82) is 0 Å². The van der Waals surface area contributed by atoms with Gasteiger partial charge in [0.2, 0.25) is 0 Å². The zero-order chi connectivity index (χ0) is 17.8. The fourth-order valence-corrected chi connectivity index (χ4v) is 3.27. The molecule has 0 saturated carbocycles. The summed E-state index contributed by atoms with van der Waals surface area (Å²) in [4.78, 5) is 39.8. The Kier molecular flexibility index (Phi) is 5.28. The zero-order valence-corrected chi connectivity index (χ0v) is 14.5. The Labute approximate surface area is 147 Å². The van der Waals surface area contributed by atoms with Gasteiger partial charge >= 0.3 is 17.8 Å². The van der Waals surface area contributed by atoms with Crippen molar-refractivity contribution in [3.63, 3.8) is 0 Å². The highest BCUT2D eigenvalue weighted by atomic mass is 16.2. The number of carbonyl (C=O) groups excluding carboxylic acids is 3. The molecule has 1 unspecified atom stereocenters. The van der Waals surface area contributed by atoms with Crippen LogP contribution in [0.3, 0.4) is 0 Å². The Morgan fingerprint density at radius 2 is 1.76 bits per heavy atom. The topological polar surface area (TPSA) is 62.1 Å². The molecule has 4 amide bonds. The molecule has 6 nitrogen and oxygen atoms in total. The number of amides is 4. The fourth-order valence-electron chi connectivity index (χ4n) is 3.27. The first kappa shape index (κ1) is 17.4. The molecule has 0 bridgehead atoms. The molecule has 1 saturated heterocycles. The van der Waals surface area contributed by atoms with Gasteiger partial charge in [0.1, 0.15) is 0 Å². The van der Waals surface area contributed by atoms with Crippen LogP contribution in [-0.2, 0) is 9.59 Å². The molecule has 1 fully saturated rings. The van der Waals surface area contributed by atoms with Crippen LogP contribution < -0.4 is 4.90 Å². The van der Waals surface area contributed by atoms with Crippen molar-refractivity contribution in [3.8, 4) is 0 Å². The van der Waals surface area contributed by atoms with Crippen molar-refractivity contribution in [2.45, 2.75) is 26.2 Å². The lowest BCUT2D eigenvalue weighted by molar-refractivity contribution is -0.902. The maximum absolute atomic E-state index is 12.4. The van der Waals surface area contributed by atoms with E-state index in [2.05, 4.69) is 18.2 Å². The smallest absolute Gasteiger partial charge is 0.314 e. The first-order valence-electron chi connectivity index (χ1n) is 8.87. The SMILES string of the molecule is CCCCN1C(=O)C(=O)N(C[NH+]2CC=C(c3ccccc3)CC2)C1=O. The van der Waals surface area contributed by atoms with Crippen molar-refractivity contribution in [2.75, 3.05) is 26.3 Å². The second-order valence-corrected chi connectivity index (χ2v) is 6.53. The lowest BCUT2D eigenvalue weighted by Gasteiger charge is -2.26. The highest BCUT2D eigenvalue weighted by Crippen LogP contribution is 2.18. The molecule has 2 aliphatic heterocycles. The highest BCUT2D eigenvalue weighted by molar-refractivity contribution is 6.44. The van der Waals surface area contributed by atoms with E-state index in [1.165, 1.54) is 11.1 Å². The molecule has 1 aromatic carbocycles. The summed E-state index contributed by atoms with van der Waals surface area (Å²) in [6.45, 7) is 4.14. The molecule has 0 radical (unpaired) electrons. The number of hydrogen-bond donors (Lipinski definition) is 1. The van der Waals surface area contributed by atoms with Crippen molar-refractivity contribution in [1.82, 2.24) is 9.80 Å². The molecular weight excluding hydrogens is 318 g/mol. The number of carbonyl (C=O) groups is 3. The average Bonchev–Trinajstić information content (AvgIpc) is 2.85. The first-order chi connectivity index (χ1) is 12.1. The maximum Gasteiger partial charge on any atom is 0.338 e. The van der Waals surface area contributed by atoms with Crippen LogP contribution in [0.5, 0.6) is 0 Å². The Balaban J connectivity index is 1.62. The van der Waals surface area contributed by atoms with Crippen LogP contribution in [0.1, 0.15) is 31.7 Å². The van der Waals surface area contributed by atoms with E-state index in [4.69, 9.17) is 0 Å². The number of nitrogens with zero attached hydrogens (tertiary/aromatic N) is 2. The molecule has 2 aliphatic rings. The first-order valence-corrected chi connectivity index (χ1v) is 8.87. The quantitative estimate of drug-likeness (QED) is 0.617. The molecule has 0 aliphatic carbocycles. The molecule has 3 rings (SSSR count). The molecular formula is C19H24N3O3+. The minimum absolute atomic E-state index is 0.255. The highest BCUT2D eigenvalue weighted by Gasteiger charge is 2.45. The number of unbranched alkanes of at least 4 members (excludes halogenated alkanes) is 1. The van der Waals surface area contributed by atoms with Gasteiger partial charge in [-0.15, -0.1) is 0 Å². The standard InChI is InChI=1S/C19H23N3O3/c1-2-3-11-21-17(23)18(24)22(19(21)25)14-20-12-9-16(10-13-20)15-7-5-4-6-8-15/h4-9H,2-3,10-14H2,1H3/p+1. The van der Waals surface area contributed by atoms with Gasteiger partial charge in [-0.25, -0.2) is 9.69 Å². The fraction of sp³-hybridized carbons (Fsp3) is 0.421. The Hall–Kier alpha value is -2.47. The van der Waals surface area contributed by atoms with E-state index >= 15 is 0 Å². The molecule has 2 heterocycles. The number of hydrogen-bond acceptors (Lipinski definition) is 3. The molecule has 1 N–H and O–H groups in total. The van der Waals surface area contributed by atoms with Gasteiger partial charge in [0.25, 0.3) is 0 Å². The van der Waals surface area contributed by atoms with Crippen molar-refractivity contribution in [2.24, 2.45) is 0 Å². The molecule has 132 valence electrons. The summed E-state index contributed by atoms with van der Waals surface area (Å²) in [5.74, 6) is -1.37. The lowest BCUT2D eigenvalue weighted by Crippen LogP contribution is -3.14. The molecule has 1 atom stereocenters. The monoisotopic (exact) mass is 342 g/mol. The summed E-state index contributed by atoms with van der Waals surface area (Å²) < 4.78 is 0. The van der Waals surface area contributed by atoms with Crippen LogP contribution in [0.15, 0.2) is 36.4 Å². The summed E-state index contributed by atoms with van der Waals surface area (Å²) in [6.07, 6.45) is 4.65. The summed E-state index contributed by atoms with van der Waals surface area (Å²) in [7, 11) is 0. The number of quaternary nitrogens is 1. The van der Waals surface area contributed by atoms with Crippen molar-refractivity contribution < 1.29 is 19.3 Å².